The average Bonchev–Trinajstić information content (AvgIpc) is 2.93. The molecule has 0 aliphatic rings. The summed E-state index contributed by atoms with van der Waals surface area (Å²) in [7, 11) is -3.79. The molecule has 7 heteroatoms. The van der Waals surface area contributed by atoms with E-state index in [0.29, 0.717) is 15.4 Å². The molecule has 0 unspecified atom stereocenters. The SMILES string of the molecule is Cc1ccc(S(=O)(=O)c2[nH]c(=O)c3[nH]ccc3c2Br)cc1. The van der Waals surface area contributed by atoms with E-state index in [-0.39, 0.29) is 9.92 Å². The van der Waals surface area contributed by atoms with E-state index in [1.807, 2.05) is 6.92 Å². The average molecular weight is 367 g/mol. The Kier molecular flexibility index (Phi) is 3.26. The largest absolute Gasteiger partial charge is 0.357 e. The van der Waals surface area contributed by atoms with Crippen LogP contribution in [0.5, 0.6) is 0 Å². The van der Waals surface area contributed by atoms with Gasteiger partial charge < -0.3 is 9.97 Å². The number of sulfone groups is 1. The van der Waals surface area contributed by atoms with Gasteiger partial charge in [0.25, 0.3) is 5.56 Å². The van der Waals surface area contributed by atoms with Gasteiger partial charge in [0.05, 0.1) is 9.37 Å². The van der Waals surface area contributed by atoms with E-state index in [9.17, 15) is 13.2 Å². The van der Waals surface area contributed by atoms with Crippen LogP contribution >= 0.6 is 15.9 Å². The summed E-state index contributed by atoms with van der Waals surface area (Å²) in [6.07, 6.45) is 1.59. The maximum atomic E-state index is 12.7. The van der Waals surface area contributed by atoms with Gasteiger partial charge in [-0.2, -0.15) is 0 Å². The first-order chi connectivity index (χ1) is 9.91. The van der Waals surface area contributed by atoms with Gasteiger partial charge in [0, 0.05) is 11.6 Å². The Morgan fingerprint density at radius 1 is 1.10 bits per heavy atom. The summed E-state index contributed by atoms with van der Waals surface area (Å²) < 4.78 is 25.7. The summed E-state index contributed by atoms with van der Waals surface area (Å²) >= 11 is 3.27. The Morgan fingerprint density at radius 2 is 1.76 bits per heavy atom. The first-order valence-electron chi connectivity index (χ1n) is 6.12. The summed E-state index contributed by atoms with van der Waals surface area (Å²) in [5.41, 5.74) is 0.830. The normalized spacial score (nSPS) is 11.9. The van der Waals surface area contributed by atoms with Crippen LogP contribution in [0.1, 0.15) is 5.56 Å². The lowest BCUT2D eigenvalue weighted by Crippen LogP contribution is -2.14. The fourth-order valence-corrected chi connectivity index (χ4v) is 4.48. The van der Waals surface area contributed by atoms with E-state index in [1.165, 1.54) is 12.1 Å². The number of hydrogen-bond acceptors (Lipinski definition) is 3. The van der Waals surface area contributed by atoms with Crippen LogP contribution in [0.15, 0.2) is 55.7 Å². The molecule has 0 atom stereocenters. The lowest BCUT2D eigenvalue weighted by Gasteiger charge is -2.08. The van der Waals surface area contributed by atoms with Crippen LogP contribution in [0.3, 0.4) is 0 Å². The van der Waals surface area contributed by atoms with Gasteiger partial charge in [0.2, 0.25) is 9.84 Å². The molecule has 0 radical (unpaired) electrons. The van der Waals surface area contributed by atoms with Crippen molar-refractivity contribution in [1.29, 1.82) is 0 Å². The van der Waals surface area contributed by atoms with E-state index in [1.54, 1.807) is 24.4 Å². The predicted molar refractivity (Wildman–Crippen MR) is 83.3 cm³/mol. The van der Waals surface area contributed by atoms with E-state index < -0.39 is 15.4 Å². The van der Waals surface area contributed by atoms with Gasteiger partial charge in [-0.1, -0.05) is 17.7 Å². The molecular formula is C14H11BrN2O3S. The topological polar surface area (TPSA) is 82.8 Å². The van der Waals surface area contributed by atoms with Crippen molar-refractivity contribution in [3.8, 4) is 0 Å². The maximum absolute atomic E-state index is 12.7. The molecule has 0 aliphatic carbocycles. The van der Waals surface area contributed by atoms with Gasteiger partial charge in [-0.25, -0.2) is 8.42 Å². The van der Waals surface area contributed by atoms with Gasteiger partial charge in [0.1, 0.15) is 5.52 Å². The highest BCUT2D eigenvalue weighted by Gasteiger charge is 2.24. The van der Waals surface area contributed by atoms with Crippen molar-refractivity contribution in [3.05, 3.63) is 56.9 Å². The van der Waals surface area contributed by atoms with Gasteiger partial charge in [0.15, 0.2) is 5.03 Å². The van der Waals surface area contributed by atoms with Gasteiger partial charge in [-0.15, -0.1) is 0 Å². The second kappa shape index (κ2) is 4.85. The minimum absolute atomic E-state index is 0.136. The third-order valence-electron chi connectivity index (χ3n) is 3.24. The lowest BCUT2D eigenvalue weighted by atomic mass is 10.2. The van der Waals surface area contributed by atoms with Crippen LogP contribution in [0.25, 0.3) is 10.9 Å². The molecule has 0 amide bonds. The highest BCUT2D eigenvalue weighted by atomic mass is 79.9. The number of pyridine rings is 1. The molecule has 0 spiro atoms. The zero-order chi connectivity index (χ0) is 15.2. The Labute approximate surface area is 129 Å². The second-order valence-corrected chi connectivity index (χ2v) is 7.36. The van der Waals surface area contributed by atoms with Crippen molar-refractivity contribution in [1.82, 2.24) is 9.97 Å². The third kappa shape index (κ3) is 2.22. The molecule has 0 bridgehead atoms. The number of aromatic nitrogens is 2. The lowest BCUT2D eigenvalue weighted by molar-refractivity contribution is 0.591. The van der Waals surface area contributed by atoms with Crippen molar-refractivity contribution in [2.24, 2.45) is 0 Å². The van der Waals surface area contributed by atoms with Gasteiger partial charge in [-0.05, 0) is 41.1 Å². The number of fused-ring (bicyclic) bond motifs is 1. The van der Waals surface area contributed by atoms with Crippen LogP contribution in [0, 0.1) is 6.92 Å². The molecule has 0 aliphatic heterocycles. The summed E-state index contributed by atoms with van der Waals surface area (Å²) in [6, 6.07) is 8.14. The fraction of sp³-hybridized carbons (Fsp3) is 0.0714. The molecule has 0 saturated heterocycles. The van der Waals surface area contributed by atoms with Crippen LogP contribution in [-0.2, 0) is 9.84 Å². The van der Waals surface area contributed by atoms with Crippen LogP contribution < -0.4 is 5.56 Å². The second-order valence-electron chi connectivity index (χ2n) is 4.68. The summed E-state index contributed by atoms with van der Waals surface area (Å²) in [6.45, 7) is 1.88. The van der Waals surface area contributed by atoms with Crippen molar-refractivity contribution >= 4 is 36.7 Å². The molecule has 2 heterocycles. The molecule has 3 rings (SSSR count). The number of benzene rings is 1. The number of rotatable bonds is 2. The molecule has 3 aromatic rings. The van der Waals surface area contributed by atoms with Crippen molar-refractivity contribution in [2.45, 2.75) is 16.8 Å². The van der Waals surface area contributed by atoms with Crippen molar-refractivity contribution in [3.63, 3.8) is 0 Å². The summed E-state index contributed by atoms with van der Waals surface area (Å²) in [4.78, 5) is 17.3. The monoisotopic (exact) mass is 366 g/mol. The standard InChI is InChI=1S/C14H11BrN2O3S/c1-8-2-4-9(5-3-8)21(19,20)14-11(15)10-6-7-16-12(10)13(18)17-14/h2-7,16H,1H3,(H,17,18). The number of hydrogen-bond donors (Lipinski definition) is 2. The number of H-pyrrole nitrogens is 2. The Balaban J connectivity index is 2.31. The molecule has 1 aromatic carbocycles. The zero-order valence-electron chi connectivity index (χ0n) is 11.0. The van der Waals surface area contributed by atoms with Crippen LogP contribution in [-0.4, -0.2) is 18.4 Å². The first kappa shape index (κ1) is 14.1. The molecule has 21 heavy (non-hydrogen) atoms. The maximum Gasteiger partial charge on any atom is 0.273 e. The molecular weight excluding hydrogens is 356 g/mol. The van der Waals surface area contributed by atoms with Gasteiger partial charge in [-0.3, -0.25) is 4.79 Å². The number of halogens is 1. The fourth-order valence-electron chi connectivity index (χ4n) is 2.10. The van der Waals surface area contributed by atoms with Gasteiger partial charge >= 0.3 is 0 Å². The third-order valence-corrected chi connectivity index (χ3v) is 6.06. The summed E-state index contributed by atoms with van der Waals surface area (Å²) in [5.74, 6) is 0. The minimum Gasteiger partial charge on any atom is -0.357 e. The van der Waals surface area contributed by atoms with E-state index >= 15 is 0 Å². The van der Waals surface area contributed by atoms with E-state index in [0.717, 1.165) is 5.56 Å². The molecule has 5 nitrogen and oxygen atoms in total. The minimum atomic E-state index is -3.79. The molecule has 0 fully saturated rings. The summed E-state index contributed by atoms with van der Waals surface area (Å²) in [5, 5.41) is 0.396. The molecule has 2 aromatic heterocycles. The molecule has 2 N–H and O–H groups in total. The Bertz CT molecular complexity index is 985. The first-order valence-corrected chi connectivity index (χ1v) is 8.39. The highest BCUT2D eigenvalue weighted by molar-refractivity contribution is 9.10. The number of aryl methyl sites for hydroxylation is 1. The predicted octanol–water partition coefficient (Wildman–Crippen LogP) is 2.76. The number of nitrogens with one attached hydrogen (secondary N) is 2. The van der Waals surface area contributed by atoms with E-state index in [4.69, 9.17) is 0 Å². The Morgan fingerprint density at radius 3 is 2.43 bits per heavy atom. The smallest absolute Gasteiger partial charge is 0.273 e. The Hall–Kier alpha value is -1.86. The molecule has 0 saturated carbocycles. The number of aromatic amines is 2. The zero-order valence-corrected chi connectivity index (χ0v) is 13.4. The van der Waals surface area contributed by atoms with Crippen LogP contribution in [0.2, 0.25) is 0 Å². The molecule has 108 valence electrons. The van der Waals surface area contributed by atoms with Crippen LogP contribution in [0.4, 0.5) is 0 Å². The van der Waals surface area contributed by atoms with Crippen molar-refractivity contribution < 1.29 is 8.42 Å². The van der Waals surface area contributed by atoms with E-state index in [2.05, 4.69) is 25.9 Å². The highest BCUT2D eigenvalue weighted by Crippen LogP contribution is 2.30. The van der Waals surface area contributed by atoms with Crippen molar-refractivity contribution in [2.75, 3.05) is 0 Å². The quantitative estimate of drug-likeness (QED) is 0.731.